The Morgan fingerprint density at radius 2 is 2.24 bits per heavy atom. The van der Waals surface area contributed by atoms with Crippen LogP contribution in [0.5, 0.6) is 0 Å². The monoisotopic (exact) mass is 240 g/mol. The highest BCUT2D eigenvalue weighted by Crippen LogP contribution is 2.12. The molecule has 1 heterocycles. The molecule has 6 nitrogen and oxygen atoms in total. The lowest BCUT2D eigenvalue weighted by Crippen LogP contribution is -2.27. The van der Waals surface area contributed by atoms with Crippen molar-refractivity contribution in [3.63, 3.8) is 0 Å². The molecule has 0 aromatic carbocycles. The van der Waals surface area contributed by atoms with E-state index in [0.29, 0.717) is 12.4 Å². The second-order valence-corrected chi connectivity index (χ2v) is 4.83. The summed E-state index contributed by atoms with van der Waals surface area (Å²) in [6, 6.07) is 0. The average molecular weight is 240 g/mol. The molecular formula is C11H20N4O2. The molecule has 96 valence electrons. The van der Waals surface area contributed by atoms with Gasteiger partial charge in [-0.25, -0.2) is 0 Å². The average Bonchev–Trinajstić information content (AvgIpc) is 2.55. The molecule has 0 aliphatic carbocycles. The maximum absolute atomic E-state index is 11.6. The van der Waals surface area contributed by atoms with E-state index in [2.05, 4.69) is 10.4 Å². The Kier molecular flexibility index (Phi) is 4.25. The molecule has 0 atom stereocenters. The van der Waals surface area contributed by atoms with E-state index in [0.717, 1.165) is 5.56 Å². The smallest absolute Gasteiger partial charge is 0.251 e. The van der Waals surface area contributed by atoms with Crippen molar-refractivity contribution in [2.45, 2.75) is 32.9 Å². The fraction of sp³-hybridized carbons (Fsp3) is 0.636. The third-order valence-electron chi connectivity index (χ3n) is 2.02. The summed E-state index contributed by atoms with van der Waals surface area (Å²) in [7, 11) is 1.78. The number of rotatable bonds is 4. The second kappa shape index (κ2) is 5.29. The Morgan fingerprint density at radius 1 is 1.59 bits per heavy atom. The largest absolute Gasteiger partial charge is 0.366 e. The molecule has 17 heavy (non-hydrogen) atoms. The first-order valence-electron chi connectivity index (χ1n) is 5.48. The molecule has 0 spiro atoms. The van der Waals surface area contributed by atoms with Gasteiger partial charge in [0.2, 0.25) is 0 Å². The summed E-state index contributed by atoms with van der Waals surface area (Å²) in [5.41, 5.74) is 6.01. The number of hydrogen-bond acceptors (Lipinski definition) is 4. The Labute approximate surface area is 101 Å². The van der Waals surface area contributed by atoms with Crippen molar-refractivity contribution in [3.05, 3.63) is 11.8 Å². The van der Waals surface area contributed by atoms with E-state index in [9.17, 15) is 4.79 Å². The Morgan fingerprint density at radius 3 is 2.76 bits per heavy atom. The fourth-order valence-corrected chi connectivity index (χ4v) is 1.24. The van der Waals surface area contributed by atoms with E-state index >= 15 is 0 Å². The number of aromatic nitrogens is 2. The first kappa shape index (κ1) is 13.7. The van der Waals surface area contributed by atoms with Crippen molar-refractivity contribution in [1.29, 1.82) is 0 Å². The van der Waals surface area contributed by atoms with Gasteiger partial charge in [-0.05, 0) is 20.8 Å². The number of hydrogen-bond donors (Lipinski definition) is 2. The normalized spacial score (nSPS) is 11.6. The third-order valence-corrected chi connectivity index (χ3v) is 2.02. The van der Waals surface area contributed by atoms with Gasteiger partial charge in [0.05, 0.1) is 5.60 Å². The Hall–Kier alpha value is -1.40. The molecule has 0 bridgehead atoms. The van der Waals surface area contributed by atoms with E-state index in [4.69, 9.17) is 10.5 Å². The van der Waals surface area contributed by atoms with E-state index in [1.165, 1.54) is 0 Å². The second-order valence-electron chi connectivity index (χ2n) is 4.83. The van der Waals surface area contributed by atoms with Gasteiger partial charge in [0.25, 0.3) is 5.91 Å². The summed E-state index contributed by atoms with van der Waals surface area (Å²) in [5, 5.41) is 6.79. The summed E-state index contributed by atoms with van der Waals surface area (Å²) in [4.78, 5) is 11.6. The van der Waals surface area contributed by atoms with Gasteiger partial charge in [-0.1, -0.05) is 0 Å². The highest BCUT2D eigenvalue weighted by Gasteiger charge is 2.15. The van der Waals surface area contributed by atoms with E-state index in [-0.39, 0.29) is 18.1 Å². The van der Waals surface area contributed by atoms with Gasteiger partial charge >= 0.3 is 0 Å². The molecule has 0 unspecified atom stereocenters. The molecular weight excluding hydrogens is 220 g/mol. The fourth-order valence-electron chi connectivity index (χ4n) is 1.24. The van der Waals surface area contributed by atoms with Gasteiger partial charge in [-0.15, -0.1) is 0 Å². The van der Waals surface area contributed by atoms with Crippen molar-refractivity contribution in [1.82, 2.24) is 9.78 Å². The van der Waals surface area contributed by atoms with Crippen LogP contribution in [0.4, 0.5) is 5.82 Å². The summed E-state index contributed by atoms with van der Waals surface area (Å²) in [5.74, 6) is 0.269. The summed E-state index contributed by atoms with van der Waals surface area (Å²) < 4.78 is 6.98. The van der Waals surface area contributed by atoms with Crippen LogP contribution in [-0.4, -0.2) is 27.9 Å². The first-order chi connectivity index (χ1) is 7.81. The van der Waals surface area contributed by atoms with Crippen LogP contribution in [0.2, 0.25) is 0 Å². The minimum atomic E-state index is -0.335. The number of nitrogens with one attached hydrogen (secondary N) is 1. The van der Waals surface area contributed by atoms with Gasteiger partial charge in [-0.3, -0.25) is 9.48 Å². The molecule has 0 radical (unpaired) electrons. The van der Waals surface area contributed by atoms with Crippen LogP contribution in [-0.2, 0) is 23.1 Å². The van der Waals surface area contributed by atoms with Gasteiger partial charge in [-0.2, -0.15) is 5.10 Å². The standard InChI is InChI=1S/C11H20N4O2/c1-11(2,3)17-7-9(16)13-10-8(5-12)6-15(4)14-10/h6H,5,7,12H2,1-4H3,(H,13,14,16). The molecule has 3 N–H and O–H groups in total. The highest BCUT2D eigenvalue weighted by atomic mass is 16.5. The summed E-state index contributed by atoms with van der Waals surface area (Å²) in [6.45, 7) is 6.03. The minimum absolute atomic E-state index is 0.00405. The molecule has 1 aromatic heterocycles. The quantitative estimate of drug-likeness (QED) is 0.808. The predicted molar refractivity (Wildman–Crippen MR) is 65.4 cm³/mol. The highest BCUT2D eigenvalue weighted by molar-refractivity contribution is 5.91. The van der Waals surface area contributed by atoms with Crippen LogP contribution in [0.1, 0.15) is 26.3 Å². The summed E-state index contributed by atoms with van der Waals surface area (Å²) in [6.07, 6.45) is 1.78. The van der Waals surface area contributed by atoms with E-state index < -0.39 is 0 Å². The van der Waals surface area contributed by atoms with Crippen LogP contribution in [0.15, 0.2) is 6.20 Å². The number of anilines is 1. The molecule has 6 heteroatoms. The number of ether oxygens (including phenoxy) is 1. The number of nitrogens with two attached hydrogens (primary N) is 1. The molecule has 1 aromatic rings. The van der Waals surface area contributed by atoms with Gasteiger partial charge < -0.3 is 15.8 Å². The predicted octanol–water partition coefficient (Wildman–Crippen LogP) is 0.632. The third kappa shape index (κ3) is 4.54. The SMILES string of the molecule is Cn1cc(CN)c(NC(=O)COC(C)(C)C)n1. The minimum Gasteiger partial charge on any atom is -0.366 e. The lowest BCUT2D eigenvalue weighted by Gasteiger charge is -2.18. The number of nitrogens with zero attached hydrogens (tertiary/aromatic N) is 2. The van der Waals surface area contributed by atoms with Crippen molar-refractivity contribution in [2.75, 3.05) is 11.9 Å². The molecule has 0 fully saturated rings. The number of amides is 1. The number of carbonyl (C=O) groups is 1. The zero-order valence-corrected chi connectivity index (χ0v) is 10.8. The lowest BCUT2D eigenvalue weighted by molar-refractivity contribution is -0.125. The van der Waals surface area contributed by atoms with Crippen LogP contribution in [0, 0.1) is 0 Å². The molecule has 0 saturated carbocycles. The van der Waals surface area contributed by atoms with Gasteiger partial charge in [0.15, 0.2) is 5.82 Å². The zero-order valence-electron chi connectivity index (χ0n) is 10.8. The maximum Gasteiger partial charge on any atom is 0.251 e. The van der Waals surface area contributed by atoms with Crippen LogP contribution in [0.25, 0.3) is 0 Å². The van der Waals surface area contributed by atoms with Crippen LogP contribution in [0.3, 0.4) is 0 Å². The maximum atomic E-state index is 11.6. The molecule has 0 saturated heterocycles. The van der Waals surface area contributed by atoms with Crippen molar-refractivity contribution in [3.8, 4) is 0 Å². The van der Waals surface area contributed by atoms with E-state index in [1.54, 1.807) is 17.9 Å². The molecule has 1 rings (SSSR count). The summed E-state index contributed by atoms with van der Waals surface area (Å²) >= 11 is 0. The van der Waals surface area contributed by atoms with Crippen molar-refractivity contribution >= 4 is 11.7 Å². The zero-order chi connectivity index (χ0) is 13.1. The van der Waals surface area contributed by atoms with Crippen molar-refractivity contribution < 1.29 is 9.53 Å². The lowest BCUT2D eigenvalue weighted by atomic mass is 10.2. The molecule has 0 aliphatic heterocycles. The topological polar surface area (TPSA) is 82.2 Å². The first-order valence-corrected chi connectivity index (χ1v) is 5.48. The van der Waals surface area contributed by atoms with Gasteiger partial charge in [0.1, 0.15) is 6.61 Å². The Balaban J connectivity index is 2.56. The molecule has 1 amide bonds. The number of carbonyl (C=O) groups excluding carboxylic acids is 1. The van der Waals surface area contributed by atoms with Crippen LogP contribution >= 0.6 is 0 Å². The number of aryl methyl sites for hydroxylation is 1. The molecule has 0 aliphatic rings. The van der Waals surface area contributed by atoms with Gasteiger partial charge in [0, 0.05) is 25.4 Å². The van der Waals surface area contributed by atoms with Crippen LogP contribution < -0.4 is 11.1 Å². The Bertz CT molecular complexity index is 393. The van der Waals surface area contributed by atoms with Crippen molar-refractivity contribution in [2.24, 2.45) is 12.8 Å². The van der Waals surface area contributed by atoms with E-state index in [1.807, 2.05) is 20.8 Å².